The quantitative estimate of drug-likeness (QED) is 0.396. The molecule has 32 heavy (non-hydrogen) atoms. The Balaban J connectivity index is 1.38. The number of ether oxygens (including phenoxy) is 1. The molecule has 4 rings (SSSR count). The average Bonchev–Trinajstić information content (AvgIpc) is 3.17. The van der Waals surface area contributed by atoms with Crippen molar-refractivity contribution in [2.75, 3.05) is 13.6 Å². The van der Waals surface area contributed by atoms with Gasteiger partial charge >= 0.3 is 6.03 Å². The molecule has 2 aromatic carbocycles. The number of imide groups is 1. The zero-order valence-corrected chi connectivity index (χ0v) is 17.6. The maximum Gasteiger partial charge on any atom is 0.325 e. The van der Waals surface area contributed by atoms with Gasteiger partial charge in [-0.05, 0) is 35.4 Å². The van der Waals surface area contributed by atoms with E-state index in [1.54, 1.807) is 24.2 Å². The minimum Gasteiger partial charge on any atom is -0.489 e. The zero-order valence-electron chi connectivity index (χ0n) is 17.6. The van der Waals surface area contributed by atoms with Gasteiger partial charge in [0.25, 0.3) is 5.91 Å². The first-order chi connectivity index (χ1) is 15.6. The molecule has 2 atom stereocenters. The summed E-state index contributed by atoms with van der Waals surface area (Å²) in [6, 6.07) is 16.4. The van der Waals surface area contributed by atoms with Crippen molar-refractivity contribution in [3.05, 3.63) is 78.4 Å². The Kier molecular flexibility index (Phi) is 6.16. The Morgan fingerprint density at radius 1 is 1.19 bits per heavy atom. The van der Waals surface area contributed by atoms with Gasteiger partial charge in [-0.15, -0.1) is 6.58 Å². The van der Waals surface area contributed by atoms with E-state index in [0.717, 1.165) is 16.9 Å². The van der Waals surface area contributed by atoms with Crippen LogP contribution in [0.3, 0.4) is 0 Å². The molecule has 2 aromatic rings. The second-order valence-corrected chi connectivity index (χ2v) is 7.37. The van der Waals surface area contributed by atoms with Crippen molar-refractivity contribution in [2.24, 2.45) is 10.1 Å². The molecule has 9 heteroatoms. The van der Waals surface area contributed by atoms with Crippen molar-refractivity contribution in [3.63, 3.8) is 0 Å². The minimum atomic E-state index is -0.630. The minimum absolute atomic E-state index is 0.380. The van der Waals surface area contributed by atoms with Gasteiger partial charge in [0.2, 0.25) is 5.96 Å². The smallest absolute Gasteiger partial charge is 0.325 e. The van der Waals surface area contributed by atoms with Crippen LogP contribution in [0.15, 0.2) is 77.3 Å². The molecule has 164 valence electrons. The molecule has 9 nitrogen and oxygen atoms in total. The van der Waals surface area contributed by atoms with Crippen molar-refractivity contribution in [1.29, 1.82) is 0 Å². The van der Waals surface area contributed by atoms with Gasteiger partial charge in [0.05, 0.1) is 6.21 Å². The van der Waals surface area contributed by atoms with E-state index >= 15 is 0 Å². The maximum atomic E-state index is 12.3. The van der Waals surface area contributed by atoms with Crippen LogP contribution in [0.4, 0.5) is 4.79 Å². The van der Waals surface area contributed by atoms with Crippen LogP contribution < -0.4 is 15.5 Å². The predicted molar refractivity (Wildman–Crippen MR) is 121 cm³/mol. The number of carbonyl (C=O) groups is 2. The van der Waals surface area contributed by atoms with Gasteiger partial charge < -0.3 is 14.5 Å². The van der Waals surface area contributed by atoms with E-state index < -0.39 is 24.1 Å². The molecule has 0 spiro atoms. The highest BCUT2D eigenvalue weighted by Crippen LogP contribution is 2.23. The average molecular weight is 432 g/mol. The fraction of sp³-hybridized carbons (Fsp3) is 0.217. The molecule has 2 aliphatic rings. The normalized spacial score (nSPS) is 20.1. The molecule has 0 aromatic heterocycles. The van der Waals surface area contributed by atoms with Gasteiger partial charge in [-0.25, -0.2) is 15.2 Å². The van der Waals surface area contributed by atoms with Crippen molar-refractivity contribution >= 4 is 24.1 Å². The number of likely N-dealkylation sites (N-methyl/N-ethyl adjacent to an activating group) is 1. The predicted octanol–water partition coefficient (Wildman–Crippen LogP) is 1.92. The molecule has 3 amide bonds. The molecule has 1 fully saturated rings. The molecular formula is C23H24N6O3. The molecule has 0 saturated carbocycles. The molecular weight excluding hydrogens is 408 g/mol. The standard InChI is InChI=1S/C23H24N6O3/c1-3-13-29-19-20(28(2)23(31)26-21(19)30)25-22(29)27-24-14-16-9-11-18(12-10-16)32-15-17-7-5-4-6-8-17/h3-12,14,19-20H,1,13,15H2,2H3,(H,25,27)(H,26,30,31)/b24-14+. The number of benzene rings is 2. The first-order valence-electron chi connectivity index (χ1n) is 10.2. The molecule has 0 radical (unpaired) electrons. The number of aliphatic imine (C=N–C) groups is 1. The molecule has 0 bridgehead atoms. The summed E-state index contributed by atoms with van der Waals surface area (Å²) in [5.74, 6) is 0.769. The summed E-state index contributed by atoms with van der Waals surface area (Å²) in [5.41, 5.74) is 4.85. The van der Waals surface area contributed by atoms with Crippen molar-refractivity contribution < 1.29 is 14.3 Å². The van der Waals surface area contributed by atoms with Gasteiger partial charge in [0.1, 0.15) is 12.4 Å². The third kappa shape index (κ3) is 4.46. The summed E-state index contributed by atoms with van der Waals surface area (Å²) in [6.07, 6.45) is 2.70. The van der Waals surface area contributed by atoms with E-state index in [2.05, 4.69) is 27.4 Å². The van der Waals surface area contributed by atoms with Gasteiger partial charge in [0.15, 0.2) is 12.2 Å². The fourth-order valence-corrected chi connectivity index (χ4v) is 3.51. The number of guanidine groups is 1. The summed E-state index contributed by atoms with van der Waals surface area (Å²) in [7, 11) is 1.60. The van der Waals surface area contributed by atoms with Crippen LogP contribution >= 0.6 is 0 Å². The summed E-state index contributed by atoms with van der Waals surface area (Å²) in [6.45, 7) is 4.62. The number of hydrazone groups is 1. The molecule has 1 saturated heterocycles. The Labute approximate surface area is 186 Å². The lowest BCUT2D eigenvalue weighted by Crippen LogP contribution is -2.64. The lowest BCUT2D eigenvalue weighted by Gasteiger charge is -2.35. The molecule has 2 N–H and O–H groups in total. The van der Waals surface area contributed by atoms with Crippen LogP contribution in [0.25, 0.3) is 0 Å². The second kappa shape index (κ2) is 9.34. The van der Waals surface area contributed by atoms with Crippen LogP contribution in [0.1, 0.15) is 11.1 Å². The van der Waals surface area contributed by atoms with Gasteiger partial charge in [-0.2, -0.15) is 5.10 Å². The van der Waals surface area contributed by atoms with Crippen LogP contribution in [-0.4, -0.2) is 59.7 Å². The topological polar surface area (TPSA) is 98.6 Å². The second-order valence-electron chi connectivity index (χ2n) is 7.37. The lowest BCUT2D eigenvalue weighted by molar-refractivity contribution is -0.126. The zero-order chi connectivity index (χ0) is 22.5. The van der Waals surface area contributed by atoms with E-state index in [4.69, 9.17) is 4.74 Å². The number of nitrogens with zero attached hydrogens (tertiary/aromatic N) is 4. The highest BCUT2D eigenvalue weighted by molar-refractivity contribution is 6.03. The van der Waals surface area contributed by atoms with E-state index in [-0.39, 0.29) is 0 Å². The largest absolute Gasteiger partial charge is 0.489 e. The Hall–Kier alpha value is -4.14. The highest BCUT2D eigenvalue weighted by atomic mass is 16.5. The van der Waals surface area contributed by atoms with Crippen LogP contribution in [0.2, 0.25) is 0 Å². The van der Waals surface area contributed by atoms with Crippen LogP contribution in [0.5, 0.6) is 5.75 Å². The first kappa shape index (κ1) is 21.1. The number of carbonyl (C=O) groups excluding carboxylic acids is 2. The van der Waals surface area contributed by atoms with E-state index in [9.17, 15) is 9.59 Å². The number of amides is 3. The molecule has 0 aliphatic carbocycles. The summed E-state index contributed by atoms with van der Waals surface area (Å²) < 4.78 is 5.79. The van der Waals surface area contributed by atoms with E-state index in [1.165, 1.54) is 4.90 Å². The summed E-state index contributed by atoms with van der Waals surface area (Å²) in [5, 5.41) is 6.59. The van der Waals surface area contributed by atoms with Crippen molar-refractivity contribution in [2.45, 2.75) is 18.8 Å². The SMILES string of the molecule is C=CCN1C(N/N=C/c2ccc(OCc3ccccc3)cc2)=NC2C1C(=O)NC(=O)N2C. The molecule has 2 heterocycles. The number of urea groups is 1. The Bertz CT molecular complexity index is 1050. The molecule has 2 aliphatic heterocycles. The summed E-state index contributed by atoms with van der Waals surface area (Å²) >= 11 is 0. The Morgan fingerprint density at radius 2 is 1.94 bits per heavy atom. The maximum absolute atomic E-state index is 12.3. The number of nitrogens with one attached hydrogen (secondary N) is 2. The van der Waals surface area contributed by atoms with Gasteiger partial charge in [0, 0.05) is 13.6 Å². The van der Waals surface area contributed by atoms with E-state index in [0.29, 0.717) is 19.1 Å². The number of hydrogen-bond donors (Lipinski definition) is 2. The fourth-order valence-electron chi connectivity index (χ4n) is 3.51. The summed E-state index contributed by atoms with van der Waals surface area (Å²) in [4.78, 5) is 31.9. The highest BCUT2D eigenvalue weighted by Gasteiger charge is 2.48. The van der Waals surface area contributed by atoms with Crippen LogP contribution in [0, 0.1) is 0 Å². The third-order valence-electron chi connectivity index (χ3n) is 5.19. The number of hydrogen-bond acceptors (Lipinski definition) is 7. The number of fused-ring (bicyclic) bond motifs is 1. The Morgan fingerprint density at radius 3 is 2.66 bits per heavy atom. The van der Waals surface area contributed by atoms with Crippen LogP contribution in [-0.2, 0) is 11.4 Å². The molecule has 2 unspecified atom stereocenters. The number of rotatable bonds is 7. The third-order valence-corrected chi connectivity index (χ3v) is 5.19. The monoisotopic (exact) mass is 432 g/mol. The lowest BCUT2D eigenvalue weighted by atomic mass is 10.1. The van der Waals surface area contributed by atoms with Crippen molar-refractivity contribution in [1.82, 2.24) is 20.5 Å². The van der Waals surface area contributed by atoms with Crippen molar-refractivity contribution in [3.8, 4) is 5.75 Å². The van der Waals surface area contributed by atoms with E-state index in [1.807, 2.05) is 54.6 Å². The van der Waals surface area contributed by atoms with Gasteiger partial charge in [-0.1, -0.05) is 36.4 Å². The first-order valence-corrected chi connectivity index (χ1v) is 10.2. The van der Waals surface area contributed by atoms with Gasteiger partial charge in [-0.3, -0.25) is 10.1 Å².